The van der Waals surface area contributed by atoms with Gasteiger partial charge in [-0.25, -0.2) is 15.0 Å². The summed E-state index contributed by atoms with van der Waals surface area (Å²) in [7, 11) is 0. The highest BCUT2D eigenvalue weighted by molar-refractivity contribution is 7.26. The fourth-order valence-electron chi connectivity index (χ4n) is 8.25. The molecule has 0 spiro atoms. The zero-order valence-corrected chi connectivity index (χ0v) is 33.1. The molecule has 0 bridgehead atoms. The predicted octanol–water partition coefficient (Wildman–Crippen LogP) is 15.2. The Morgan fingerprint density at radius 2 is 1.12 bits per heavy atom. The fourth-order valence-corrected chi connectivity index (χ4v) is 10.7. The second-order valence-corrected chi connectivity index (χ2v) is 16.6. The summed E-state index contributed by atoms with van der Waals surface area (Å²) in [6, 6.07) is 53.0. The van der Waals surface area contributed by atoms with Gasteiger partial charge in [-0.3, -0.25) is 0 Å². The minimum atomic E-state index is 0.604. The number of hydrogen-bond acceptors (Lipinski definition) is 6. The van der Waals surface area contributed by atoms with Crippen LogP contribution < -0.4 is 0 Å². The molecule has 0 fully saturated rings. The molecule has 0 radical (unpaired) electrons. The molecule has 11 aromatic rings. The van der Waals surface area contributed by atoms with E-state index in [4.69, 9.17) is 19.4 Å². The zero-order valence-electron chi connectivity index (χ0n) is 31.4. The van der Waals surface area contributed by atoms with Gasteiger partial charge in [0.25, 0.3) is 0 Å². The first kappa shape index (κ1) is 34.3. The molecular weight excluding hydrogens is 747 g/mol. The molecule has 0 atom stereocenters. The van der Waals surface area contributed by atoms with Crippen LogP contribution >= 0.6 is 22.7 Å². The first-order valence-electron chi connectivity index (χ1n) is 19.2. The summed E-state index contributed by atoms with van der Waals surface area (Å²) < 4.78 is 9.99. The molecule has 0 aliphatic heterocycles. The van der Waals surface area contributed by atoms with Crippen LogP contribution in [-0.2, 0) is 0 Å². The normalized spacial score (nSPS) is 11.9. The van der Waals surface area contributed by atoms with Gasteiger partial charge in [0.05, 0.1) is 0 Å². The van der Waals surface area contributed by atoms with E-state index in [0.717, 1.165) is 44.0 Å². The molecule has 11 rings (SSSR count). The standard InChI is InChI=1S/C52H33N3OS2/c1-3-4-20-35-31(2)57-49-41(35)29-34(32-16-7-5-8-17-32)30-42(49)36-22-13-23-38-47-40(25-15-28-45(47)58-48(36)38)52-54-50(33-18-9-6-10-19-33)53-51(55-52)39-24-14-27-44-46(39)37-21-11-12-26-43(37)56-44/h3-30H,1H2,2H3/b20-4-. The SMILES string of the molecule is C=C/C=C\c1c(C)sc2c(-c3cccc4c3sc3cccc(-c5nc(-c6ccccc6)nc(-c6cccc7oc8ccccc8c67)n5)c34)cc(-c3ccccc3)cc12. The summed E-state index contributed by atoms with van der Waals surface area (Å²) in [4.78, 5) is 16.9. The molecule has 0 N–H and O–H groups in total. The highest BCUT2D eigenvalue weighted by atomic mass is 32.1. The number of nitrogens with zero attached hydrogens (tertiary/aromatic N) is 3. The molecule has 0 unspecified atom stereocenters. The molecule has 6 heteroatoms. The third-order valence-electron chi connectivity index (χ3n) is 10.9. The first-order valence-corrected chi connectivity index (χ1v) is 20.8. The van der Waals surface area contributed by atoms with Crippen molar-refractivity contribution in [1.29, 1.82) is 0 Å². The fraction of sp³-hybridized carbons (Fsp3) is 0.0192. The van der Waals surface area contributed by atoms with Gasteiger partial charge in [0.1, 0.15) is 11.2 Å². The topological polar surface area (TPSA) is 51.8 Å². The second kappa shape index (κ2) is 13.9. The number of allylic oxidation sites excluding steroid dienone is 2. The maximum absolute atomic E-state index is 6.30. The van der Waals surface area contributed by atoms with E-state index in [0.29, 0.717) is 17.5 Å². The van der Waals surface area contributed by atoms with Crippen LogP contribution in [0.25, 0.3) is 115 Å². The van der Waals surface area contributed by atoms with Crippen molar-refractivity contribution in [3.63, 3.8) is 0 Å². The van der Waals surface area contributed by atoms with E-state index in [1.54, 1.807) is 0 Å². The number of fused-ring (bicyclic) bond motifs is 7. The van der Waals surface area contributed by atoms with Crippen molar-refractivity contribution in [3.05, 3.63) is 181 Å². The molecule has 4 aromatic heterocycles. The first-order chi connectivity index (χ1) is 28.6. The number of aryl methyl sites for hydroxylation is 1. The van der Waals surface area contributed by atoms with Gasteiger partial charge in [0.15, 0.2) is 17.5 Å². The molecule has 58 heavy (non-hydrogen) atoms. The number of hydrogen-bond donors (Lipinski definition) is 0. The van der Waals surface area contributed by atoms with E-state index < -0.39 is 0 Å². The molecule has 0 saturated heterocycles. The highest BCUT2D eigenvalue weighted by Gasteiger charge is 2.22. The Morgan fingerprint density at radius 3 is 1.91 bits per heavy atom. The van der Waals surface area contributed by atoms with Crippen molar-refractivity contribution in [2.45, 2.75) is 6.92 Å². The number of benzene rings is 7. The number of para-hydroxylation sites is 1. The van der Waals surface area contributed by atoms with Crippen LogP contribution in [0.15, 0.2) is 175 Å². The molecule has 0 amide bonds. The molecule has 0 saturated carbocycles. The van der Waals surface area contributed by atoms with Crippen LogP contribution in [0.2, 0.25) is 0 Å². The molecule has 4 nitrogen and oxygen atoms in total. The van der Waals surface area contributed by atoms with Crippen LogP contribution in [0.3, 0.4) is 0 Å². The maximum atomic E-state index is 6.30. The lowest BCUT2D eigenvalue weighted by atomic mass is 9.94. The van der Waals surface area contributed by atoms with Crippen LogP contribution in [0, 0.1) is 6.92 Å². The minimum Gasteiger partial charge on any atom is -0.456 e. The number of thiophene rings is 2. The number of aromatic nitrogens is 3. The number of rotatable bonds is 7. The van der Waals surface area contributed by atoms with Gasteiger partial charge in [-0.2, -0.15) is 0 Å². The van der Waals surface area contributed by atoms with Gasteiger partial charge in [0, 0.05) is 73.7 Å². The van der Waals surface area contributed by atoms with Crippen molar-refractivity contribution < 1.29 is 4.42 Å². The van der Waals surface area contributed by atoms with Crippen molar-refractivity contribution in [2.75, 3.05) is 0 Å². The third-order valence-corrected chi connectivity index (χ3v) is 13.3. The third kappa shape index (κ3) is 5.60. The quantitative estimate of drug-likeness (QED) is 0.151. The lowest BCUT2D eigenvalue weighted by Crippen LogP contribution is -2.00. The minimum absolute atomic E-state index is 0.604. The van der Waals surface area contributed by atoms with E-state index >= 15 is 0 Å². The van der Waals surface area contributed by atoms with Crippen LogP contribution in [0.5, 0.6) is 0 Å². The summed E-state index contributed by atoms with van der Waals surface area (Å²) in [5.41, 5.74) is 10.5. The van der Waals surface area contributed by atoms with Gasteiger partial charge in [0.2, 0.25) is 0 Å². The number of furan rings is 1. The second-order valence-electron chi connectivity index (χ2n) is 14.3. The highest BCUT2D eigenvalue weighted by Crippen LogP contribution is 2.48. The summed E-state index contributed by atoms with van der Waals surface area (Å²) >= 11 is 3.68. The molecule has 0 aliphatic carbocycles. The summed E-state index contributed by atoms with van der Waals surface area (Å²) in [5.74, 6) is 1.86. The van der Waals surface area contributed by atoms with Crippen molar-refractivity contribution >= 4 is 80.9 Å². The molecule has 7 aromatic carbocycles. The molecule has 4 heterocycles. The van der Waals surface area contributed by atoms with Gasteiger partial charge < -0.3 is 4.42 Å². The Hall–Kier alpha value is -6.99. The monoisotopic (exact) mass is 779 g/mol. The molecular formula is C52H33N3OS2. The smallest absolute Gasteiger partial charge is 0.164 e. The van der Waals surface area contributed by atoms with E-state index in [2.05, 4.69) is 123 Å². The Kier molecular flexibility index (Phi) is 8.21. The zero-order chi connectivity index (χ0) is 38.7. The summed E-state index contributed by atoms with van der Waals surface area (Å²) in [6.45, 7) is 6.16. The Bertz CT molecular complexity index is 3430. The largest absolute Gasteiger partial charge is 0.456 e. The summed E-state index contributed by atoms with van der Waals surface area (Å²) in [5, 5.41) is 5.60. The molecule has 0 aliphatic rings. The average Bonchev–Trinajstić information content (AvgIpc) is 3.96. The van der Waals surface area contributed by atoms with Crippen molar-refractivity contribution in [1.82, 2.24) is 15.0 Å². The maximum Gasteiger partial charge on any atom is 0.164 e. The van der Waals surface area contributed by atoms with Crippen LogP contribution in [-0.4, -0.2) is 15.0 Å². The van der Waals surface area contributed by atoms with E-state index in [9.17, 15) is 0 Å². The summed E-state index contributed by atoms with van der Waals surface area (Å²) in [6.07, 6.45) is 6.07. The van der Waals surface area contributed by atoms with E-state index in [1.165, 1.54) is 57.6 Å². The Balaban J connectivity index is 1.16. The van der Waals surface area contributed by atoms with E-state index in [1.807, 2.05) is 83.4 Å². The van der Waals surface area contributed by atoms with Gasteiger partial charge in [-0.05, 0) is 53.9 Å². The lowest BCUT2D eigenvalue weighted by Gasteiger charge is -2.11. The van der Waals surface area contributed by atoms with Crippen LogP contribution in [0.4, 0.5) is 0 Å². The Morgan fingerprint density at radius 1 is 0.500 bits per heavy atom. The van der Waals surface area contributed by atoms with Crippen LogP contribution in [0.1, 0.15) is 10.4 Å². The predicted molar refractivity (Wildman–Crippen MR) is 247 cm³/mol. The average molecular weight is 780 g/mol. The van der Waals surface area contributed by atoms with Gasteiger partial charge >= 0.3 is 0 Å². The van der Waals surface area contributed by atoms with Crippen molar-refractivity contribution in [3.8, 4) is 56.4 Å². The van der Waals surface area contributed by atoms with Gasteiger partial charge in [-0.1, -0.05) is 146 Å². The Labute approximate surface area is 342 Å². The van der Waals surface area contributed by atoms with Crippen molar-refractivity contribution in [2.24, 2.45) is 0 Å². The lowest BCUT2D eigenvalue weighted by molar-refractivity contribution is 0.669. The molecule has 274 valence electrons. The van der Waals surface area contributed by atoms with E-state index in [-0.39, 0.29) is 0 Å². The van der Waals surface area contributed by atoms with Gasteiger partial charge in [-0.15, -0.1) is 22.7 Å².